The number of β-amino-alcohol motifs (C(OH)–C–C–N with tert-alkyl or cyclic N) is 1. The maximum Gasteiger partial charge on any atom is 0.240 e. The molecule has 0 aliphatic carbocycles. The van der Waals surface area contributed by atoms with Crippen molar-refractivity contribution >= 4 is 11.9 Å². The minimum atomic E-state index is -0.961. The van der Waals surface area contributed by atoms with Gasteiger partial charge < -0.3 is 19.9 Å². The molecular formula is C16H22N6O2. The lowest BCUT2D eigenvalue weighted by molar-refractivity contribution is -0.122. The van der Waals surface area contributed by atoms with Gasteiger partial charge in [-0.25, -0.2) is 15.0 Å². The zero-order valence-electron chi connectivity index (χ0n) is 13.7. The maximum atomic E-state index is 12.1. The highest BCUT2D eigenvalue weighted by molar-refractivity contribution is 5.75. The average Bonchev–Trinajstić information content (AvgIpc) is 3.21. The van der Waals surface area contributed by atoms with Crippen molar-refractivity contribution in [2.24, 2.45) is 0 Å². The summed E-state index contributed by atoms with van der Waals surface area (Å²) in [6.07, 6.45) is 8.18. The summed E-state index contributed by atoms with van der Waals surface area (Å²) in [5.41, 5.74) is -0.961. The summed E-state index contributed by atoms with van der Waals surface area (Å²) < 4.78 is 1.82. The summed E-state index contributed by atoms with van der Waals surface area (Å²) in [7, 11) is 0. The van der Waals surface area contributed by atoms with Crippen LogP contribution in [0.25, 0.3) is 0 Å². The molecule has 2 aromatic rings. The van der Waals surface area contributed by atoms with Gasteiger partial charge in [-0.3, -0.25) is 4.79 Å². The molecule has 1 aliphatic rings. The number of carbonyl (C=O) groups excluding carboxylic acids is 1. The standard InChI is InChI=1S/C16H22N6O2/c1-2-13-17-7-9-21(13)10-14(23)20-11-16(24)4-8-22(12-16)15-18-5-3-6-19-15/h3,5-7,9,24H,2,4,8,10-12H2,1H3,(H,20,23)/t16-/m1/s1. The third-order valence-corrected chi connectivity index (χ3v) is 4.21. The van der Waals surface area contributed by atoms with E-state index in [0.29, 0.717) is 25.5 Å². The molecule has 2 N–H and O–H groups in total. The van der Waals surface area contributed by atoms with Crippen LogP contribution in [-0.4, -0.2) is 55.8 Å². The van der Waals surface area contributed by atoms with Crippen LogP contribution in [0.15, 0.2) is 30.9 Å². The second-order valence-electron chi connectivity index (χ2n) is 6.05. The highest BCUT2D eigenvalue weighted by Gasteiger charge is 2.37. The van der Waals surface area contributed by atoms with Crippen LogP contribution >= 0.6 is 0 Å². The van der Waals surface area contributed by atoms with Crippen molar-refractivity contribution in [1.82, 2.24) is 24.8 Å². The molecular weight excluding hydrogens is 308 g/mol. The number of anilines is 1. The topological polar surface area (TPSA) is 96.2 Å². The van der Waals surface area contributed by atoms with Crippen molar-refractivity contribution in [2.75, 3.05) is 24.5 Å². The van der Waals surface area contributed by atoms with Crippen LogP contribution in [0.1, 0.15) is 19.2 Å². The first-order chi connectivity index (χ1) is 11.6. The molecule has 24 heavy (non-hydrogen) atoms. The highest BCUT2D eigenvalue weighted by atomic mass is 16.3. The van der Waals surface area contributed by atoms with Gasteiger partial charge in [-0.2, -0.15) is 0 Å². The van der Waals surface area contributed by atoms with Crippen molar-refractivity contribution in [3.63, 3.8) is 0 Å². The van der Waals surface area contributed by atoms with Crippen LogP contribution in [0.2, 0.25) is 0 Å². The van der Waals surface area contributed by atoms with Crippen LogP contribution in [-0.2, 0) is 17.8 Å². The minimum Gasteiger partial charge on any atom is -0.386 e. The zero-order chi connectivity index (χ0) is 17.0. The molecule has 0 bridgehead atoms. The lowest BCUT2D eigenvalue weighted by Crippen LogP contribution is -2.46. The van der Waals surface area contributed by atoms with E-state index in [4.69, 9.17) is 0 Å². The Morgan fingerprint density at radius 3 is 2.88 bits per heavy atom. The Morgan fingerprint density at radius 1 is 1.33 bits per heavy atom. The molecule has 1 fully saturated rings. The van der Waals surface area contributed by atoms with E-state index < -0.39 is 5.60 Å². The van der Waals surface area contributed by atoms with Gasteiger partial charge in [0.15, 0.2) is 0 Å². The molecule has 0 unspecified atom stereocenters. The third-order valence-electron chi connectivity index (χ3n) is 4.21. The van der Waals surface area contributed by atoms with Crippen molar-refractivity contribution in [3.8, 4) is 0 Å². The Bertz CT molecular complexity index is 689. The van der Waals surface area contributed by atoms with Crippen LogP contribution < -0.4 is 10.2 Å². The van der Waals surface area contributed by atoms with Crippen molar-refractivity contribution in [3.05, 3.63) is 36.7 Å². The lowest BCUT2D eigenvalue weighted by Gasteiger charge is -2.23. The molecule has 1 saturated heterocycles. The number of aromatic nitrogens is 4. The Kier molecular flexibility index (Phi) is 4.75. The number of nitrogens with one attached hydrogen (secondary N) is 1. The first-order valence-electron chi connectivity index (χ1n) is 8.11. The molecule has 2 aromatic heterocycles. The summed E-state index contributed by atoms with van der Waals surface area (Å²) >= 11 is 0. The Labute approximate surface area is 140 Å². The number of carbonyl (C=O) groups is 1. The SMILES string of the molecule is CCc1nccn1CC(=O)NC[C@]1(O)CCN(c2ncccn2)C1. The van der Waals surface area contributed by atoms with Crippen LogP contribution in [0, 0.1) is 0 Å². The molecule has 3 rings (SSSR count). The van der Waals surface area contributed by atoms with E-state index in [1.807, 2.05) is 16.4 Å². The van der Waals surface area contributed by atoms with E-state index in [9.17, 15) is 9.90 Å². The number of hydrogen-bond donors (Lipinski definition) is 2. The Morgan fingerprint density at radius 2 is 2.12 bits per heavy atom. The number of rotatable bonds is 6. The average molecular weight is 330 g/mol. The number of hydrogen-bond acceptors (Lipinski definition) is 6. The molecule has 128 valence electrons. The minimum absolute atomic E-state index is 0.134. The zero-order valence-corrected chi connectivity index (χ0v) is 13.7. The molecule has 3 heterocycles. The summed E-state index contributed by atoms with van der Waals surface area (Å²) in [5, 5.41) is 13.5. The van der Waals surface area contributed by atoms with Crippen molar-refractivity contribution < 1.29 is 9.90 Å². The number of aliphatic hydroxyl groups is 1. The van der Waals surface area contributed by atoms with Gasteiger partial charge in [-0.05, 0) is 12.5 Å². The first-order valence-corrected chi connectivity index (χ1v) is 8.11. The maximum absolute atomic E-state index is 12.1. The summed E-state index contributed by atoms with van der Waals surface area (Å²) in [4.78, 5) is 26.6. The summed E-state index contributed by atoms with van der Waals surface area (Å²) in [5.74, 6) is 1.34. The molecule has 1 aliphatic heterocycles. The normalized spacial score (nSPS) is 20.3. The molecule has 8 heteroatoms. The van der Waals surface area contributed by atoms with E-state index in [1.54, 1.807) is 30.9 Å². The molecule has 0 saturated carbocycles. The van der Waals surface area contributed by atoms with Gasteiger partial charge in [-0.15, -0.1) is 0 Å². The Balaban J connectivity index is 1.52. The molecule has 0 radical (unpaired) electrons. The van der Waals surface area contributed by atoms with Crippen LogP contribution in [0.5, 0.6) is 0 Å². The first kappa shape index (κ1) is 16.4. The van der Waals surface area contributed by atoms with Crippen LogP contribution in [0.4, 0.5) is 5.95 Å². The molecule has 0 aromatic carbocycles. The summed E-state index contributed by atoms with van der Waals surface area (Å²) in [6.45, 7) is 3.49. The molecule has 1 atom stereocenters. The number of imidazole rings is 1. The molecule has 8 nitrogen and oxygen atoms in total. The van der Waals surface area contributed by atoms with Gasteiger partial charge in [0.2, 0.25) is 11.9 Å². The number of nitrogens with zero attached hydrogens (tertiary/aromatic N) is 5. The predicted octanol–water partition coefficient (Wildman–Crippen LogP) is -0.00690. The fraction of sp³-hybridized carbons (Fsp3) is 0.500. The summed E-state index contributed by atoms with van der Waals surface area (Å²) in [6, 6.07) is 1.76. The fourth-order valence-electron chi connectivity index (χ4n) is 2.90. The second kappa shape index (κ2) is 6.96. The van der Waals surface area contributed by atoms with Gasteiger partial charge >= 0.3 is 0 Å². The molecule has 0 spiro atoms. The van der Waals surface area contributed by atoms with E-state index in [2.05, 4.69) is 20.3 Å². The van der Waals surface area contributed by atoms with Gasteiger partial charge in [0, 0.05) is 44.3 Å². The van der Waals surface area contributed by atoms with Crippen LogP contribution in [0.3, 0.4) is 0 Å². The van der Waals surface area contributed by atoms with E-state index in [0.717, 1.165) is 12.2 Å². The smallest absolute Gasteiger partial charge is 0.240 e. The number of aryl methyl sites for hydroxylation is 1. The second-order valence-corrected chi connectivity index (χ2v) is 6.05. The third kappa shape index (κ3) is 3.70. The van der Waals surface area contributed by atoms with E-state index >= 15 is 0 Å². The van der Waals surface area contributed by atoms with Gasteiger partial charge in [0.1, 0.15) is 18.0 Å². The van der Waals surface area contributed by atoms with Gasteiger partial charge in [0.05, 0.1) is 6.54 Å². The van der Waals surface area contributed by atoms with Crippen molar-refractivity contribution in [1.29, 1.82) is 0 Å². The van der Waals surface area contributed by atoms with Gasteiger partial charge in [-0.1, -0.05) is 6.92 Å². The van der Waals surface area contributed by atoms with E-state index in [1.165, 1.54) is 0 Å². The molecule has 1 amide bonds. The number of amides is 1. The highest BCUT2D eigenvalue weighted by Crippen LogP contribution is 2.23. The van der Waals surface area contributed by atoms with E-state index in [-0.39, 0.29) is 19.0 Å². The largest absolute Gasteiger partial charge is 0.386 e. The monoisotopic (exact) mass is 330 g/mol. The van der Waals surface area contributed by atoms with Crippen molar-refractivity contribution in [2.45, 2.75) is 31.9 Å². The fourth-order valence-corrected chi connectivity index (χ4v) is 2.90. The quantitative estimate of drug-likeness (QED) is 0.773. The lowest BCUT2D eigenvalue weighted by atomic mass is 10.0. The Hall–Kier alpha value is -2.48. The predicted molar refractivity (Wildman–Crippen MR) is 88.4 cm³/mol. The van der Waals surface area contributed by atoms with Gasteiger partial charge in [0.25, 0.3) is 0 Å².